The van der Waals surface area contributed by atoms with Crippen LogP contribution in [0.3, 0.4) is 0 Å². The molecule has 3 rings (SSSR count). The molecule has 126 valence electrons. The molecule has 1 aliphatic rings. The van der Waals surface area contributed by atoms with Crippen molar-refractivity contribution in [1.29, 1.82) is 0 Å². The first kappa shape index (κ1) is 16.1. The van der Waals surface area contributed by atoms with Gasteiger partial charge in [0.15, 0.2) is 0 Å². The molecule has 0 radical (unpaired) electrons. The molecule has 1 atom stereocenters. The molecule has 1 unspecified atom stereocenters. The normalized spacial score (nSPS) is 17.0. The van der Waals surface area contributed by atoms with Crippen molar-refractivity contribution in [2.75, 3.05) is 4.90 Å². The van der Waals surface area contributed by atoms with Crippen LogP contribution in [0.25, 0.3) is 0 Å². The molecule has 24 heavy (non-hydrogen) atoms. The molecular formula is C16H15F3N4O. The van der Waals surface area contributed by atoms with E-state index < -0.39 is 12.5 Å². The van der Waals surface area contributed by atoms with E-state index in [-0.39, 0.29) is 5.75 Å². The van der Waals surface area contributed by atoms with E-state index in [1.54, 1.807) is 42.4 Å². The average Bonchev–Trinajstić information content (AvgIpc) is 2.94. The molecule has 2 aromatic rings. The lowest BCUT2D eigenvalue weighted by Gasteiger charge is -2.27. The number of nitrogens with zero attached hydrogens (tertiary/aromatic N) is 3. The minimum atomic E-state index is -4.75. The number of nitrogens with one attached hydrogen (secondary N) is 1. The zero-order valence-electron chi connectivity index (χ0n) is 13.0. The highest BCUT2D eigenvalue weighted by Crippen LogP contribution is 2.35. The monoisotopic (exact) mass is 336 g/mol. The second kappa shape index (κ2) is 6.03. The number of rotatable bonds is 3. The van der Waals surface area contributed by atoms with E-state index in [4.69, 9.17) is 0 Å². The van der Waals surface area contributed by atoms with E-state index in [2.05, 4.69) is 20.0 Å². The summed E-state index contributed by atoms with van der Waals surface area (Å²) in [6.07, 6.45) is -1.94. The topological polar surface area (TPSA) is 50.3 Å². The Hall–Kier alpha value is -2.77. The van der Waals surface area contributed by atoms with E-state index >= 15 is 0 Å². The Bertz CT molecular complexity index is 756. The zero-order valence-corrected chi connectivity index (χ0v) is 13.0. The number of alkyl halides is 3. The Morgan fingerprint density at radius 2 is 1.92 bits per heavy atom. The van der Waals surface area contributed by atoms with Crippen LogP contribution < -0.4 is 15.0 Å². The first-order valence-electron chi connectivity index (χ1n) is 7.21. The summed E-state index contributed by atoms with van der Waals surface area (Å²) in [6, 6.07) is 7.80. The molecule has 1 aromatic carbocycles. The molecule has 1 aromatic heterocycles. The van der Waals surface area contributed by atoms with Crippen LogP contribution in [0.1, 0.15) is 23.2 Å². The van der Waals surface area contributed by atoms with Gasteiger partial charge in [-0.3, -0.25) is 0 Å². The lowest BCUT2D eigenvalue weighted by Crippen LogP contribution is -2.29. The summed E-state index contributed by atoms with van der Waals surface area (Å²) in [6.45, 7) is 3.60. The molecule has 0 spiro atoms. The molecular weight excluding hydrogens is 321 g/mol. The van der Waals surface area contributed by atoms with Gasteiger partial charge in [0, 0.05) is 29.7 Å². The fourth-order valence-electron chi connectivity index (χ4n) is 2.58. The van der Waals surface area contributed by atoms with Crippen molar-refractivity contribution in [1.82, 2.24) is 15.3 Å². The van der Waals surface area contributed by atoms with E-state index in [0.29, 0.717) is 17.2 Å². The third-order valence-electron chi connectivity index (χ3n) is 3.42. The van der Waals surface area contributed by atoms with Gasteiger partial charge < -0.3 is 15.0 Å². The van der Waals surface area contributed by atoms with Crippen molar-refractivity contribution in [2.24, 2.45) is 0 Å². The Labute approximate surface area is 136 Å². The molecule has 8 heteroatoms. The van der Waals surface area contributed by atoms with Crippen LogP contribution in [-0.4, -0.2) is 16.3 Å². The van der Waals surface area contributed by atoms with Gasteiger partial charge in [-0.05, 0) is 19.9 Å². The molecule has 0 fully saturated rings. The molecule has 1 N–H and O–H groups in total. The molecule has 0 saturated carbocycles. The number of halogens is 3. The number of para-hydroxylation sites is 1. The number of hydrogen-bond donors (Lipinski definition) is 1. The van der Waals surface area contributed by atoms with Crippen LogP contribution in [0.2, 0.25) is 0 Å². The number of hydrogen-bond acceptors (Lipinski definition) is 5. The van der Waals surface area contributed by atoms with Gasteiger partial charge >= 0.3 is 6.36 Å². The van der Waals surface area contributed by atoms with Crippen LogP contribution in [-0.2, 0) is 0 Å². The quantitative estimate of drug-likeness (QED) is 0.929. The van der Waals surface area contributed by atoms with Gasteiger partial charge in [0.1, 0.15) is 23.6 Å². The SMILES string of the molecule is Cc1cc(N2C=CNC2c2ccccc2OC(F)(F)F)nc(C)n1. The fourth-order valence-corrected chi connectivity index (χ4v) is 2.58. The van der Waals surface area contributed by atoms with Crippen molar-refractivity contribution in [2.45, 2.75) is 26.4 Å². The molecule has 5 nitrogen and oxygen atoms in total. The minimum absolute atomic E-state index is 0.251. The summed E-state index contributed by atoms with van der Waals surface area (Å²) in [5.74, 6) is 0.927. The molecule has 2 heterocycles. The van der Waals surface area contributed by atoms with Crippen LogP contribution in [0, 0.1) is 13.8 Å². The fraction of sp³-hybridized carbons (Fsp3) is 0.250. The van der Waals surface area contributed by atoms with Gasteiger partial charge in [0.05, 0.1) is 0 Å². The smallest absolute Gasteiger partial charge is 0.405 e. The van der Waals surface area contributed by atoms with E-state index in [1.165, 1.54) is 12.1 Å². The molecule has 0 aliphatic carbocycles. The minimum Gasteiger partial charge on any atom is -0.405 e. The molecule has 1 aliphatic heterocycles. The third kappa shape index (κ3) is 3.42. The summed E-state index contributed by atoms with van der Waals surface area (Å²) < 4.78 is 42.1. The van der Waals surface area contributed by atoms with Crippen molar-refractivity contribution in [3.05, 3.63) is 59.8 Å². The maximum Gasteiger partial charge on any atom is 0.573 e. The highest BCUT2D eigenvalue weighted by atomic mass is 19.4. The van der Waals surface area contributed by atoms with Crippen LogP contribution in [0.4, 0.5) is 19.0 Å². The Morgan fingerprint density at radius 3 is 2.62 bits per heavy atom. The number of aryl methyl sites for hydroxylation is 2. The maximum absolute atomic E-state index is 12.6. The first-order chi connectivity index (χ1) is 11.3. The Balaban J connectivity index is 1.97. The number of benzene rings is 1. The highest BCUT2D eigenvalue weighted by molar-refractivity contribution is 5.51. The summed E-state index contributed by atoms with van der Waals surface area (Å²) >= 11 is 0. The number of anilines is 1. The summed E-state index contributed by atoms with van der Waals surface area (Å²) in [5, 5.41) is 3.02. The summed E-state index contributed by atoms with van der Waals surface area (Å²) in [7, 11) is 0. The summed E-state index contributed by atoms with van der Waals surface area (Å²) in [5.41, 5.74) is 1.13. The number of ether oxygens (including phenoxy) is 1. The predicted molar refractivity (Wildman–Crippen MR) is 82.1 cm³/mol. The van der Waals surface area contributed by atoms with Gasteiger partial charge in [-0.25, -0.2) is 9.97 Å². The molecule has 0 bridgehead atoms. The van der Waals surface area contributed by atoms with E-state index in [0.717, 1.165) is 5.69 Å². The van der Waals surface area contributed by atoms with Crippen molar-refractivity contribution in [3.8, 4) is 5.75 Å². The van der Waals surface area contributed by atoms with Gasteiger partial charge in [0.2, 0.25) is 0 Å². The largest absolute Gasteiger partial charge is 0.573 e. The lowest BCUT2D eigenvalue weighted by atomic mass is 10.1. The lowest BCUT2D eigenvalue weighted by molar-refractivity contribution is -0.275. The van der Waals surface area contributed by atoms with Gasteiger partial charge in [0.25, 0.3) is 0 Å². The highest BCUT2D eigenvalue weighted by Gasteiger charge is 2.34. The second-order valence-corrected chi connectivity index (χ2v) is 5.29. The van der Waals surface area contributed by atoms with E-state index in [1.807, 2.05) is 6.92 Å². The van der Waals surface area contributed by atoms with Crippen LogP contribution >= 0.6 is 0 Å². The molecule has 0 amide bonds. The second-order valence-electron chi connectivity index (χ2n) is 5.29. The van der Waals surface area contributed by atoms with Crippen molar-refractivity contribution in [3.63, 3.8) is 0 Å². The third-order valence-corrected chi connectivity index (χ3v) is 3.42. The van der Waals surface area contributed by atoms with Gasteiger partial charge in [-0.15, -0.1) is 13.2 Å². The maximum atomic E-state index is 12.6. The van der Waals surface area contributed by atoms with Gasteiger partial charge in [-0.1, -0.05) is 18.2 Å². The zero-order chi connectivity index (χ0) is 17.3. The van der Waals surface area contributed by atoms with Crippen molar-refractivity contribution < 1.29 is 17.9 Å². The standard InChI is InChI=1S/C16H15F3N4O/c1-10-9-14(22-11(2)21-10)23-8-7-20-15(23)12-5-3-4-6-13(12)24-16(17,18)19/h3-9,15,20H,1-2H3. The molecule has 0 saturated heterocycles. The predicted octanol–water partition coefficient (Wildman–Crippen LogP) is 3.57. The Kier molecular flexibility index (Phi) is 4.04. The van der Waals surface area contributed by atoms with Crippen LogP contribution in [0.15, 0.2) is 42.7 Å². The first-order valence-corrected chi connectivity index (χ1v) is 7.21. The van der Waals surface area contributed by atoms with Crippen LogP contribution in [0.5, 0.6) is 5.75 Å². The van der Waals surface area contributed by atoms with Crippen molar-refractivity contribution >= 4 is 5.82 Å². The average molecular weight is 336 g/mol. The van der Waals surface area contributed by atoms with E-state index in [9.17, 15) is 13.2 Å². The van der Waals surface area contributed by atoms with Gasteiger partial charge in [-0.2, -0.15) is 0 Å². The summed E-state index contributed by atoms with van der Waals surface area (Å²) in [4.78, 5) is 10.3. The Morgan fingerprint density at radius 1 is 1.17 bits per heavy atom. The number of aromatic nitrogens is 2.